The van der Waals surface area contributed by atoms with E-state index in [2.05, 4.69) is 10.9 Å². The molecule has 2 aromatic carbocycles. The van der Waals surface area contributed by atoms with Crippen molar-refractivity contribution in [3.8, 4) is 11.5 Å². The Labute approximate surface area is 150 Å². The van der Waals surface area contributed by atoms with Crippen molar-refractivity contribution in [2.75, 3.05) is 0 Å². The van der Waals surface area contributed by atoms with Crippen molar-refractivity contribution in [3.05, 3.63) is 59.7 Å². The minimum Gasteiger partial charge on any atom is -0.504 e. The number of aliphatic carboxylic acids is 1. The van der Waals surface area contributed by atoms with Gasteiger partial charge in [-0.3, -0.25) is 10.2 Å². The lowest BCUT2D eigenvalue weighted by atomic mass is 9.93. The van der Waals surface area contributed by atoms with Gasteiger partial charge in [0, 0.05) is 6.42 Å². The molecule has 5 N–H and O–H groups in total. The topological polar surface area (TPSA) is 128 Å². The van der Waals surface area contributed by atoms with Gasteiger partial charge in [0.15, 0.2) is 11.5 Å². The zero-order valence-corrected chi connectivity index (χ0v) is 14.1. The second-order valence-electron chi connectivity index (χ2n) is 5.95. The summed E-state index contributed by atoms with van der Waals surface area (Å²) < 4.78 is 5.01. The molecule has 0 spiro atoms. The molecule has 0 heterocycles. The zero-order valence-electron chi connectivity index (χ0n) is 14.1. The second kappa shape index (κ2) is 8.21. The monoisotopic (exact) mass is 360 g/mol. The van der Waals surface area contributed by atoms with Crippen molar-refractivity contribution >= 4 is 12.1 Å². The number of aromatic hydroxyl groups is 2. The van der Waals surface area contributed by atoms with Crippen molar-refractivity contribution in [2.24, 2.45) is 0 Å². The molecular formula is C18H20N2O6. The van der Waals surface area contributed by atoms with Gasteiger partial charge in [0.2, 0.25) is 0 Å². The molecule has 0 aliphatic carbocycles. The molecule has 0 saturated heterocycles. The van der Waals surface area contributed by atoms with Crippen molar-refractivity contribution in [3.63, 3.8) is 0 Å². The first-order chi connectivity index (χ1) is 12.3. The Hall–Kier alpha value is -3.26. The smallest absolute Gasteiger partial charge is 0.421 e. The summed E-state index contributed by atoms with van der Waals surface area (Å²) >= 11 is 0. The van der Waals surface area contributed by atoms with Crippen LogP contribution in [0.15, 0.2) is 48.5 Å². The number of hydrazine groups is 1. The summed E-state index contributed by atoms with van der Waals surface area (Å²) in [5.41, 5.74) is 4.35. The Morgan fingerprint density at radius 3 is 2.35 bits per heavy atom. The molecule has 0 saturated carbocycles. The number of ether oxygens (including phenoxy) is 1. The van der Waals surface area contributed by atoms with E-state index in [1.807, 2.05) is 18.2 Å². The van der Waals surface area contributed by atoms with Crippen LogP contribution >= 0.6 is 0 Å². The minimum absolute atomic E-state index is 0.0456. The third kappa shape index (κ3) is 5.12. The number of rotatable bonds is 7. The van der Waals surface area contributed by atoms with E-state index in [4.69, 9.17) is 4.74 Å². The maximum absolute atomic E-state index is 11.8. The number of hydrogen-bond acceptors (Lipinski definition) is 6. The van der Waals surface area contributed by atoms with Crippen molar-refractivity contribution in [1.29, 1.82) is 0 Å². The SMILES string of the molecule is C[C@@](Cc1ccc(O)c(O)c1)(NNC(=O)OCc1ccccc1)C(=O)O. The van der Waals surface area contributed by atoms with E-state index in [9.17, 15) is 24.9 Å². The molecule has 0 aliphatic rings. The van der Waals surface area contributed by atoms with Gasteiger partial charge in [0.1, 0.15) is 12.1 Å². The summed E-state index contributed by atoms with van der Waals surface area (Å²) in [6.07, 6.45) is -0.885. The molecule has 8 nitrogen and oxygen atoms in total. The number of benzene rings is 2. The predicted molar refractivity (Wildman–Crippen MR) is 92.4 cm³/mol. The van der Waals surface area contributed by atoms with Crippen LogP contribution in [0.5, 0.6) is 11.5 Å². The van der Waals surface area contributed by atoms with Crippen LogP contribution < -0.4 is 10.9 Å². The number of carboxylic acids is 1. The largest absolute Gasteiger partial charge is 0.504 e. The number of carbonyl (C=O) groups excluding carboxylic acids is 1. The first-order valence-corrected chi connectivity index (χ1v) is 7.78. The number of hydrogen-bond donors (Lipinski definition) is 5. The molecule has 0 fully saturated rings. The Morgan fingerprint density at radius 1 is 1.04 bits per heavy atom. The third-order valence-electron chi connectivity index (χ3n) is 3.72. The molecule has 2 rings (SSSR count). The van der Waals surface area contributed by atoms with Gasteiger partial charge in [-0.1, -0.05) is 36.4 Å². The van der Waals surface area contributed by atoms with Gasteiger partial charge in [-0.2, -0.15) is 0 Å². The van der Waals surface area contributed by atoms with Gasteiger partial charge in [0.25, 0.3) is 0 Å². The fourth-order valence-electron chi connectivity index (χ4n) is 2.21. The first-order valence-electron chi connectivity index (χ1n) is 7.78. The molecule has 2 aromatic rings. The van der Waals surface area contributed by atoms with Gasteiger partial charge >= 0.3 is 12.1 Å². The quantitative estimate of drug-likeness (QED) is 0.377. The van der Waals surface area contributed by atoms with Crippen LogP contribution in [-0.2, 0) is 22.6 Å². The molecule has 26 heavy (non-hydrogen) atoms. The molecule has 138 valence electrons. The molecule has 0 radical (unpaired) electrons. The lowest BCUT2D eigenvalue weighted by Crippen LogP contribution is -2.58. The zero-order chi connectivity index (χ0) is 19.2. The van der Waals surface area contributed by atoms with E-state index < -0.39 is 17.6 Å². The molecule has 1 amide bonds. The minimum atomic E-state index is -1.56. The number of carboxylic acid groups (broad SMARTS) is 1. The van der Waals surface area contributed by atoms with E-state index in [0.29, 0.717) is 5.56 Å². The number of amides is 1. The Balaban J connectivity index is 1.94. The summed E-state index contributed by atoms with van der Waals surface area (Å²) in [6, 6.07) is 13.0. The highest BCUT2D eigenvalue weighted by Gasteiger charge is 2.34. The van der Waals surface area contributed by atoms with E-state index >= 15 is 0 Å². The predicted octanol–water partition coefficient (Wildman–Crippen LogP) is 1.91. The molecule has 8 heteroatoms. The lowest BCUT2D eigenvalue weighted by Gasteiger charge is -2.26. The fourth-order valence-corrected chi connectivity index (χ4v) is 2.21. The number of phenols is 2. The van der Waals surface area contributed by atoms with Gasteiger partial charge < -0.3 is 20.1 Å². The maximum Gasteiger partial charge on any atom is 0.421 e. The third-order valence-corrected chi connectivity index (χ3v) is 3.72. The lowest BCUT2D eigenvalue weighted by molar-refractivity contribution is -0.144. The van der Waals surface area contributed by atoms with Gasteiger partial charge in [-0.25, -0.2) is 10.2 Å². The van der Waals surface area contributed by atoms with Crippen LogP contribution in [0.4, 0.5) is 4.79 Å². The van der Waals surface area contributed by atoms with Crippen molar-refractivity contribution in [1.82, 2.24) is 10.9 Å². The van der Waals surface area contributed by atoms with Crippen molar-refractivity contribution < 1.29 is 29.6 Å². The number of nitrogens with one attached hydrogen (secondary N) is 2. The number of carbonyl (C=O) groups is 2. The molecule has 0 unspecified atom stereocenters. The van der Waals surface area contributed by atoms with Gasteiger partial charge in [-0.05, 0) is 30.2 Å². The standard InChI is InChI=1S/C18H20N2O6/c1-18(16(23)24,10-13-7-8-14(21)15(22)9-13)20-19-17(25)26-11-12-5-3-2-4-6-12/h2-9,20-22H,10-11H2,1H3,(H,19,25)(H,23,24)/t18-/m0/s1. The summed E-state index contributed by atoms with van der Waals surface area (Å²) in [6.45, 7) is 1.42. The van der Waals surface area contributed by atoms with Crippen LogP contribution in [0.1, 0.15) is 18.1 Å². The van der Waals surface area contributed by atoms with Crippen LogP contribution in [0.2, 0.25) is 0 Å². The fraction of sp³-hybridized carbons (Fsp3) is 0.222. The van der Waals surface area contributed by atoms with E-state index in [-0.39, 0.29) is 24.5 Å². The van der Waals surface area contributed by atoms with Crippen LogP contribution in [0, 0.1) is 0 Å². The van der Waals surface area contributed by atoms with Gasteiger partial charge in [-0.15, -0.1) is 0 Å². The molecular weight excluding hydrogens is 340 g/mol. The van der Waals surface area contributed by atoms with Crippen LogP contribution in [0.25, 0.3) is 0 Å². The Kier molecular flexibility index (Phi) is 6.03. The van der Waals surface area contributed by atoms with Crippen molar-refractivity contribution in [2.45, 2.75) is 25.5 Å². The van der Waals surface area contributed by atoms with Crippen LogP contribution in [0.3, 0.4) is 0 Å². The second-order valence-corrected chi connectivity index (χ2v) is 5.95. The first kappa shape index (κ1) is 19.1. The average Bonchev–Trinajstić information content (AvgIpc) is 2.62. The summed E-state index contributed by atoms with van der Waals surface area (Å²) in [5.74, 6) is -1.87. The molecule has 1 atom stereocenters. The normalized spacial score (nSPS) is 12.8. The van der Waals surface area contributed by atoms with E-state index in [0.717, 1.165) is 5.56 Å². The average molecular weight is 360 g/mol. The summed E-state index contributed by atoms with van der Waals surface area (Å²) in [7, 11) is 0. The highest BCUT2D eigenvalue weighted by Crippen LogP contribution is 2.26. The highest BCUT2D eigenvalue weighted by atomic mass is 16.6. The molecule has 0 aromatic heterocycles. The Morgan fingerprint density at radius 2 is 1.73 bits per heavy atom. The maximum atomic E-state index is 11.8. The van der Waals surface area contributed by atoms with E-state index in [1.54, 1.807) is 12.1 Å². The Bertz CT molecular complexity index is 781. The summed E-state index contributed by atoms with van der Waals surface area (Å²) in [4.78, 5) is 23.4. The number of phenolic OH excluding ortho intramolecular Hbond substituents is 2. The van der Waals surface area contributed by atoms with Crippen LogP contribution in [-0.4, -0.2) is 32.9 Å². The van der Waals surface area contributed by atoms with E-state index in [1.165, 1.54) is 25.1 Å². The molecule has 0 aliphatic heterocycles. The summed E-state index contributed by atoms with van der Waals surface area (Å²) in [5, 5.41) is 28.3. The van der Waals surface area contributed by atoms with Gasteiger partial charge in [0.05, 0.1) is 0 Å². The molecule has 0 bridgehead atoms. The highest BCUT2D eigenvalue weighted by molar-refractivity contribution is 5.79.